The van der Waals surface area contributed by atoms with E-state index in [0.717, 1.165) is 44.1 Å². The van der Waals surface area contributed by atoms with Gasteiger partial charge >= 0.3 is 0 Å². The smallest absolute Gasteiger partial charge is 0.293 e. The average molecular weight is 394 g/mol. The van der Waals surface area contributed by atoms with Crippen LogP contribution in [0.15, 0.2) is 41.8 Å². The van der Waals surface area contributed by atoms with Crippen LogP contribution < -0.4 is 5.32 Å². The summed E-state index contributed by atoms with van der Waals surface area (Å²) in [7, 11) is 0. The van der Waals surface area contributed by atoms with E-state index in [1.54, 1.807) is 0 Å². The van der Waals surface area contributed by atoms with Gasteiger partial charge in [-0.15, -0.1) is 21.5 Å². The SMILES string of the molecule is Cc1ccsc1CN1C[C@H]2Cc3nnc(C(=O)Nc4ccccc4)n3C[C@@H]2C1. The molecule has 0 aliphatic carbocycles. The van der Waals surface area contributed by atoms with E-state index in [1.807, 2.05) is 46.2 Å². The first-order valence-electron chi connectivity index (χ1n) is 9.71. The summed E-state index contributed by atoms with van der Waals surface area (Å²) in [6, 6.07) is 11.7. The van der Waals surface area contributed by atoms with Crippen LogP contribution in [0.4, 0.5) is 5.69 Å². The molecule has 2 aliphatic rings. The topological polar surface area (TPSA) is 63.1 Å². The Hall–Kier alpha value is -2.51. The first kappa shape index (κ1) is 17.6. The number of para-hydroxylation sites is 1. The maximum absolute atomic E-state index is 12.7. The predicted molar refractivity (Wildman–Crippen MR) is 109 cm³/mol. The summed E-state index contributed by atoms with van der Waals surface area (Å²) >= 11 is 1.84. The van der Waals surface area contributed by atoms with E-state index in [9.17, 15) is 4.79 Å². The number of aryl methyl sites for hydroxylation is 1. The van der Waals surface area contributed by atoms with E-state index in [4.69, 9.17) is 0 Å². The molecule has 5 rings (SSSR count). The maximum atomic E-state index is 12.7. The molecule has 3 aromatic rings. The molecular weight excluding hydrogens is 370 g/mol. The molecule has 1 N–H and O–H groups in total. The quantitative estimate of drug-likeness (QED) is 0.739. The van der Waals surface area contributed by atoms with Crippen LogP contribution in [0.3, 0.4) is 0 Å². The summed E-state index contributed by atoms with van der Waals surface area (Å²) in [5, 5.41) is 13.6. The minimum atomic E-state index is -0.188. The molecule has 0 radical (unpaired) electrons. The second kappa shape index (κ2) is 7.14. The van der Waals surface area contributed by atoms with Crippen LogP contribution in [0.5, 0.6) is 0 Å². The molecule has 7 heteroatoms. The Labute approximate surface area is 168 Å². The number of carbonyl (C=O) groups excluding carboxylic acids is 1. The van der Waals surface area contributed by atoms with Gasteiger partial charge in [-0.3, -0.25) is 9.69 Å². The molecule has 0 bridgehead atoms. The number of anilines is 1. The Morgan fingerprint density at radius 3 is 2.75 bits per heavy atom. The zero-order chi connectivity index (χ0) is 19.1. The molecule has 0 unspecified atom stereocenters. The van der Waals surface area contributed by atoms with E-state index in [2.05, 4.69) is 38.8 Å². The molecule has 6 nitrogen and oxygen atoms in total. The van der Waals surface area contributed by atoms with Crippen molar-refractivity contribution < 1.29 is 4.79 Å². The molecule has 1 fully saturated rings. The minimum absolute atomic E-state index is 0.188. The van der Waals surface area contributed by atoms with Crippen molar-refractivity contribution in [2.24, 2.45) is 11.8 Å². The predicted octanol–water partition coefficient (Wildman–Crippen LogP) is 3.20. The van der Waals surface area contributed by atoms with Crippen molar-refractivity contribution >= 4 is 22.9 Å². The Kier molecular flexibility index (Phi) is 4.49. The number of nitrogens with zero attached hydrogens (tertiary/aromatic N) is 4. The van der Waals surface area contributed by atoms with Crippen LogP contribution in [-0.2, 0) is 19.5 Å². The van der Waals surface area contributed by atoms with Gasteiger partial charge in [0, 0.05) is 43.2 Å². The van der Waals surface area contributed by atoms with Gasteiger partial charge in [0.15, 0.2) is 0 Å². The van der Waals surface area contributed by atoms with Gasteiger partial charge in [0.25, 0.3) is 5.91 Å². The third-order valence-corrected chi connectivity index (χ3v) is 6.92. The first-order valence-corrected chi connectivity index (χ1v) is 10.6. The van der Waals surface area contributed by atoms with Gasteiger partial charge in [-0.2, -0.15) is 0 Å². The summed E-state index contributed by atoms with van der Waals surface area (Å²) < 4.78 is 2.03. The van der Waals surface area contributed by atoms with E-state index >= 15 is 0 Å². The maximum Gasteiger partial charge on any atom is 0.293 e. The van der Waals surface area contributed by atoms with Crippen LogP contribution >= 0.6 is 11.3 Å². The van der Waals surface area contributed by atoms with Gasteiger partial charge < -0.3 is 9.88 Å². The van der Waals surface area contributed by atoms with Crippen LogP contribution in [0.2, 0.25) is 0 Å². The summed E-state index contributed by atoms with van der Waals surface area (Å²) in [4.78, 5) is 16.7. The highest BCUT2D eigenvalue weighted by Gasteiger charge is 2.39. The number of carbonyl (C=O) groups is 1. The summed E-state index contributed by atoms with van der Waals surface area (Å²) in [6.45, 7) is 6.20. The summed E-state index contributed by atoms with van der Waals surface area (Å²) in [5.74, 6) is 2.32. The summed E-state index contributed by atoms with van der Waals surface area (Å²) in [5.41, 5.74) is 2.16. The number of rotatable bonds is 4. The first-order chi connectivity index (χ1) is 13.7. The van der Waals surface area contributed by atoms with Crippen LogP contribution in [-0.4, -0.2) is 38.7 Å². The van der Waals surface area contributed by atoms with Gasteiger partial charge in [0.1, 0.15) is 5.82 Å². The van der Waals surface area contributed by atoms with Gasteiger partial charge in [0.05, 0.1) is 0 Å². The Balaban J connectivity index is 1.29. The lowest BCUT2D eigenvalue weighted by Crippen LogP contribution is -2.31. The molecule has 0 spiro atoms. The van der Waals surface area contributed by atoms with Gasteiger partial charge in [-0.1, -0.05) is 18.2 Å². The number of hydrogen-bond acceptors (Lipinski definition) is 5. The van der Waals surface area contributed by atoms with Crippen LogP contribution in [0.1, 0.15) is 26.9 Å². The number of thiophene rings is 1. The lowest BCUT2D eigenvalue weighted by molar-refractivity contribution is 0.100. The van der Waals surface area contributed by atoms with Crippen molar-refractivity contribution in [3.05, 3.63) is 63.9 Å². The number of hydrogen-bond donors (Lipinski definition) is 1. The van der Waals surface area contributed by atoms with Gasteiger partial charge in [0.2, 0.25) is 5.82 Å². The lowest BCUT2D eigenvalue weighted by atomic mass is 9.89. The molecule has 4 heterocycles. The molecule has 2 aromatic heterocycles. The monoisotopic (exact) mass is 393 g/mol. The number of benzene rings is 1. The minimum Gasteiger partial charge on any atom is -0.319 e. The van der Waals surface area contributed by atoms with E-state index in [-0.39, 0.29) is 5.91 Å². The molecule has 0 saturated carbocycles. The molecule has 28 heavy (non-hydrogen) atoms. The molecule has 1 saturated heterocycles. The van der Waals surface area contributed by atoms with Crippen LogP contribution in [0.25, 0.3) is 0 Å². The van der Waals surface area contributed by atoms with Crippen molar-refractivity contribution in [3.63, 3.8) is 0 Å². The third kappa shape index (κ3) is 3.25. The number of aromatic nitrogens is 3. The zero-order valence-corrected chi connectivity index (χ0v) is 16.7. The molecule has 144 valence electrons. The van der Waals surface area contributed by atoms with Gasteiger partial charge in [-0.25, -0.2) is 0 Å². The number of nitrogens with one attached hydrogen (secondary N) is 1. The van der Waals surface area contributed by atoms with E-state index in [0.29, 0.717) is 17.7 Å². The third-order valence-electron chi connectivity index (χ3n) is 5.91. The molecule has 1 amide bonds. The summed E-state index contributed by atoms with van der Waals surface area (Å²) in [6.07, 6.45) is 0.899. The Morgan fingerprint density at radius 1 is 1.14 bits per heavy atom. The fraction of sp³-hybridized carbons (Fsp3) is 0.381. The number of amides is 1. The standard InChI is InChI=1S/C21H23N5OS/c1-14-7-8-28-18(14)13-25-10-15-9-19-23-24-20(26(19)12-16(15)11-25)21(27)22-17-5-3-2-4-6-17/h2-8,15-16H,9-13H2,1H3,(H,22,27)/t15-,16+/m1/s1. The zero-order valence-electron chi connectivity index (χ0n) is 15.8. The highest BCUT2D eigenvalue weighted by molar-refractivity contribution is 7.10. The fourth-order valence-corrected chi connectivity index (χ4v) is 5.34. The van der Waals surface area contributed by atoms with Gasteiger partial charge in [-0.05, 0) is 47.9 Å². The van der Waals surface area contributed by atoms with E-state index in [1.165, 1.54) is 10.4 Å². The molecular formula is C21H23N5OS. The second-order valence-corrected chi connectivity index (χ2v) is 8.82. The largest absolute Gasteiger partial charge is 0.319 e. The second-order valence-electron chi connectivity index (χ2n) is 7.82. The molecule has 1 aromatic carbocycles. The number of likely N-dealkylation sites (tertiary alicyclic amines) is 1. The van der Waals surface area contributed by atoms with Crippen molar-refractivity contribution in [2.45, 2.75) is 26.4 Å². The normalized spacial score (nSPS) is 21.3. The fourth-order valence-electron chi connectivity index (χ4n) is 4.40. The van der Waals surface area contributed by atoms with Crippen molar-refractivity contribution in [2.75, 3.05) is 18.4 Å². The molecule has 2 atom stereocenters. The van der Waals surface area contributed by atoms with E-state index < -0.39 is 0 Å². The van der Waals surface area contributed by atoms with Crippen molar-refractivity contribution in [3.8, 4) is 0 Å². The molecule has 2 aliphatic heterocycles. The highest BCUT2D eigenvalue weighted by Crippen LogP contribution is 2.34. The lowest BCUT2D eigenvalue weighted by Gasteiger charge is -2.25. The Morgan fingerprint density at radius 2 is 1.96 bits per heavy atom. The van der Waals surface area contributed by atoms with Crippen molar-refractivity contribution in [1.29, 1.82) is 0 Å². The Bertz CT molecular complexity index is 995. The van der Waals surface area contributed by atoms with Crippen LogP contribution in [0, 0.1) is 18.8 Å². The highest BCUT2D eigenvalue weighted by atomic mass is 32.1. The number of fused-ring (bicyclic) bond motifs is 2. The van der Waals surface area contributed by atoms with Crippen molar-refractivity contribution in [1.82, 2.24) is 19.7 Å². The average Bonchev–Trinajstić information content (AvgIpc) is 3.39.